The van der Waals surface area contributed by atoms with Crippen LogP contribution in [0.25, 0.3) is 0 Å². The summed E-state index contributed by atoms with van der Waals surface area (Å²) in [6.45, 7) is 4.55. The first-order valence-electron chi connectivity index (χ1n) is 9.79. The molecule has 0 unspecified atom stereocenters. The van der Waals surface area contributed by atoms with Gasteiger partial charge in [0.25, 0.3) is 5.91 Å². The van der Waals surface area contributed by atoms with E-state index in [4.69, 9.17) is 4.74 Å². The van der Waals surface area contributed by atoms with E-state index in [-0.39, 0.29) is 18.1 Å². The smallest absolute Gasteiger partial charge is 0.259 e. The molecule has 0 bridgehead atoms. The third-order valence-electron chi connectivity index (χ3n) is 4.52. The van der Waals surface area contributed by atoms with Crippen molar-refractivity contribution in [3.8, 4) is 5.75 Å². The van der Waals surface area contributed by atoms with Crippen molar-refractivity contribution in [3.63, 3.8) is 0 Å². The first kappa shape index (κ1) is 20.3. The molecule has 1 amide bonds. The minimum Gasteiger partial charge on any atom is -0.493 e. The number of carbonyl (C=O) groups excluding carboxylic acids is 2. The van der Waals surface area contributed by atoms with E-state index in [1.165, 1.54) is 0 Å². The van der Waals surface area contributed by atoms with E-state index in [0.717, 1.165) is 17.5 Å². The number of hydrogen-bond acceptors (Lipinski definition) is 3. The van der Waals surface area contributed by atoms with Crippen LogP contribution in [-0.2, 0) is 6.42 Å². The standard InChI is InChI=1S/C25H25NO3/c1-3-15-29-24-14-7-5-12-21(24)25(28)26-22-13-6-4-11-20(22)23(27)17-19-10-8-9-18(2)16-19/h4-14,16H,3,15,17H2,1-2H3,(H,26,28). The minimum atomic E-state index is -0.299. The molecule has 0 saturated heterocycles. The van der Waals surface area contributed by atoms with E-state index in [1.54, 1.807) is 42.5 Å². The number of amides is 1. The van der Waals surface area contributed by atoms with Gasteiger partial charge in [-0.2, -0.15) is 0 Å². The lowest BCUT2D eigenvalue weighted by molar-refractivity contribution is 0.0994. The lowest BCUT2D eigenvalue weighted by atomic mass is 10.00. The van der Waals surface area contributed by atoms with Crippen LogP contribution in [0.4, 0.5) is 5.69 Å². The number of hydrogen-bond donors (Lipinski definition) is 1. The number of rotatable bonds is 8. The first-order chi connectivity index (χ1) is 14.1. The largest absolute Gasteiger partial charge is 0.493 e. The normalized spacial score (nSPS) is 10.4. The fourth-order valence-corrected chi connectivity index (χ4v) is 3.12. The highest BCUT2D eigenvalue weighted by Crippen LogP contribution is 2.23. The van der Waals surface area contributed by atoms with E-state index in [0.29, 0.717) is 29.2 Å². The second-order valence-corrected chi connectivity index (χ2v) is 6.93. The molecule has 0 saturated carbocycles. The number of benzene rings is 3. The molecule has 148 valence electrons. The zero-order valence-corrected chi connectivity index (χ0v) is 16.8. The Kier molecular flexibility index (Phi) is 6.80. The van der Waals surface area contributed by atoms with Crippen molar-refractivity contribution >= 4 is 17.4 Å². The van der Waals surface area contributed by atoms with Gasteiger partial charge in [0.15, 0.2) is 5.78 Å². The molecular weight excluding hydrogens is 362 g/mol. The number of para-hydroxylation sites is 2. The summed E-state index contributed by atoms with van der Waals surface area (Å²) in [5, 5.41) is 2.88. The van der Waals surface area contributed by atoms with Gasteiger partial charge in [-0.05, 0) is 43.2 Å². The minimum absolute atomic E-state index is 0.0398. The van der Waals surface area contributed by atoms with Crippen LogP contribution >= 0.6 is 0 Å². The molecule has 29 heavy (non-hydrogen) atoms. The Morgan fingerprint density at radius 3 is 2.38 bits per heavy atom. The predicted molar refractivity (Wildman–Crippen MR) is 116 cm³/mol. The molecule has 0 aliphatic carbocycles. The molecule has 3 rings (SSSR count). The fourth-order valence-electron chi connectivity index (χ4n) is 3.12. The van der Waals surface area contributed by atoms with Gasteiger partial charge in [0.1, 0.15) is 5.75 Å². The molecule has 0 atom stereocenters. The van der Waals surface area contributed by atoms with Crippen molar-refractivity contribution < 1.29 is 14.3 Å². The van der Waals surface area contributed by atoms with Crippen LogP contribution in [0, 0.1) is 6.92 Å². The van der Waals surface area contributed by atoms with E-state index in [2.05, 4.69) is 5.32 Å². The monoisotopic (exact) mass is 387 g/mol. The van der Waals surface area contributed by atoms with Crippen molar-refractivity contribution in [1.82, 2.24) is 0 Å². The molecule has 4 nitrogen and oxygen atoms in total. The molecule has 0 aliphatic rings. The maximum atomic E-state index is 12.9. The van der Waals surface area contributed by atoms with Gasteiger partial charge in [-0.25, -0.2) is 0 Å². The van der Waals surface area contributed by atoms with E-state index >= 15 is 0 Å². The highest BCUT2D eigenvalue weighted by Gasteiger charge is 2.17. The number of carbonyl (C=O) groups is 2. The second-order valence-electron chi connectivity index (χ2n) is 6.93. The van der Waals surface area contributed by atoms with Crippen molar-refractivity contribution in [2.24, 2.45) is 0 Å². The van der Waals surface area contributed by atoms with Crippen LogP contribution in [0.1, 0.15) is 45.2 Å². The molecule has 0 radical (unpaired) electrons. The number of ketones is 1. The average Bonchev–Trinajstić information content (AvgIpc) is 2.72. The fraction of sp³-hybridized carbons (Fsp3) is 0.200. The van der Waals surface area contributed by atoms with E-state index < -0.39 is 0 Å². The predicted octanol–water partition coefficient (Wildman–Crippen LogP) is 5.46. The molecule has 0 fully saturated rings. The molecule has 4 heteroatoms. The number of Topliss-reactive ketones (excluding diaryl/α,β-unsaturated/α-hetero) is 1. The molecule has 0 aliphatic heterocycles. The average molecular weight is 387 g/mol. The topological polar surface area (TPSA) is 55.4 Å². The van der Waals surface area contributed by atoms with Gasteiger partial charge >= 0.3 is 0 Å². The Bertz CT molecular complexity index is 1010. The molecule has 3 aromatic carbocycles. The van der Waals surface area contributed by atoms with Gasteiger partial charge in [0.2, 0.25) is 0 Å². The molecule has 0 heterocycles. The summed E-state index contributed by atoms with van der Waals surface area (Å²) in [5.41, 5.74) is 3.51. The highest BCUT2D eigenvalue weighted by molar-refractivity contribution is 6.10. The van der Waals surface area contributed by atoms with Crippen molar-refractivity contribution in [2.75, 3.05) is 11.9 Å². The van der Waals surface area contributed by atoms with Gasteiger partial charge in [0, 0.05) is 12.0 Å². The van der Waals surface area contributed by atoms with Crippen LogP contribution < -0.4 is 10.1 Å². The van der Waals surface area contributed by atoms with Crippen LogP contribution in [0.2, 0.25) is 0 Å². The van der Waals surface area contributed by atoms with Gasteiger partial charge in [0.05, 0.1) is 17.9 Å². The molecular formula is C25H25NO3. The van der Waals surface area contributed by atoms with E-state index in [9.17, 15) is 9.59 Å². The zero-order valence-electron chi connectivity index (χ0n) is 16.8. The van der Waals surface area contributed by atoms with Crippen LogP contribution in [0.15, 0.2) is 72.8 Å². The molecule has 0 spiro atoms. The van der Waals surface area contributed by atoms with Crippen molar-refractivity contribution in [2.45, 2.75) is 26.7 Å². The second kappa shape index (κ2) is 9.69. The Labute approximate surface area is 171 Å². The van der Waals surface area contributed by atoms with Gasteiger partial charge in [-0.15, -0.1) is 0 Å². The number of nitrogens with one attached hydrogen (secondary N) is 1. The number of aryl methyl sites for hydroxylation is 1. The Balaban J connectivity index is 1.81. The first-order valence-corrected chi connectivity index (χ1v) is 9.79. The third-order valence-corrected chi connectivity index (χ3v) is 4.52. The maximum absolute atomic E-state index is 12.9. The summed E-state index contributed by atoms with van der Waals surface area (Å²) >= 11 is 0. The zero-order chi connectivity index (χ0) is 20.6. The van der Waals surface area contributed by atoms with Crippen LogP contribution in [0.5, 0.6) is 5.75 Å². The molecule has 3 aromatic rings. The Morgan fingerprint density at radius 1 is 0.897 bits per heavy atom. The quantitative estimate of drug-likeness (QED) is 0.522. The van der Waals surface area contributed by atoms with Crippen molar-refractivity contribution in [1.29, 1.82) is 0 Å². The highest BCUT2D eigenvalue weighted by atomic mass is 16.5. The summed E-state index contributed by atoms with van der Waals surface area (Å²) in [6, 6.07) is 22.1. The lowest BCUT2D eigenvalue weighted by Gasteiger charge is -2.13. The number of anilines is 1. The lowest BCUT2D eigenvalue weighted by Crippen LogP contribution is -2.16. The summed E-state index contributed by atoms with van der Waals surface area (Å²) < 4.78 is 5.69. The van der Waals surface area contributed by atoms with Crippen LogP contribution in [-0.4, -0.2) is 18.3 Å². The van der Waals surface area contributed by atoms with Crippen molar-refractivity contribution in [3.05, 3.63) is 95.1 Å². The summed E-state index contributed by atoms with van der Waals surface area (Å²) in [7, 11) is 0. The Morgan fingerprint density at radius 2 is 1.62 bits per heavy atom. The molecule has 1 N–H and O–H groups in total. The van der Waals surface area contributed by atoms with E-state index in [1.807, 2.05) is 44.2 Å². The summed E-state index contributed by atoms with van der Waals surface area (Å²) in [5.74, 6) is 0.199. The maximum Gasteiger partial charge on any atom is 0.259 e. The van der Waals surface area contributed by atoms with Gasteiger partial charge < -0.3 is 10.1 Å². The summed E-state index contributed by atoms with van der Waals surface area (Å²) in [6.07, 6.45) is 1.14. The van der Waals surface area contributed by atoms with Gasteiger partial charge in [-0.1, -0.05) is 61.0 Å². The van der Waals surface area contributed by atoms with Crippen LogP contribution in [0.3, 0.4) is 0 Å². The molecule has 0 aromatic heterocycles. The Hall–Kier alpha value is -3.40. The third kappa shape index (κ3) is 5.32. The number of ether oxygens (including phenoxy) is 1. The summed E-state index contributed by atoms with van der Waals surface area (Å²) in [4.78, 5) is 25.8. The SMILES string of the molecule is CCCOc1ccccc1C(=O)Nc1ccccc1C(=O)Cc1cccc(C)c1. The van der Waals surface area contributed by atoms with Gasteiger partial charge in [-0.3, -0.25) is 9.59 Å².